The number of anilines is 1. The predicted octanol–water partition coefficient (Wildman–Crippen LogP) is 1.27. The van der Waals surface area contributed by atoms with Crippen molar-refractivity contribution in [2.45, 2.75) is 24.9 Å². The molecule has 3 heterocycles. The van der Waals surface area contributed by atoms with Gasteiger partial charge in [0.05, 0.1) is 11.3 Å². The molecule has 0 spiro atoms. The molecule has 10 nitrogen and oxygen atoms in total. The van der Waals surface area contributed by atoms with Crippen molar-refractivity contribution in [1.82, 2.24) is 15.5 Å². The molecule has 0 bridgehead atoms. The lowest BCUT2D eigenvalue weighted by atomic mass is 9.97. The number of esters is 1. The number of likely N-dealkylation sites (N-methyl/N-ethyl adjacent to an activating group) is 1. The number of urea groups is 1. The van der Waals surface area contributed by atoms with Gasteiger partial charge < -0.3 is 15.0 Å². The average Bonchev–Trinajstić information content (AvgIpc) is 3.44. The molecule has 2 aliphatic rings. The predicted molar refractivity (Wildman–Crippen MR) is 119 cm³/mol. The van der Waals surface area contributed by atoms with Crippen LogP contribution >= 0.6 is 11.3 Å². The summed E-state index contributed by atoms with van der Waals surface area (Å²) < 4.78 is 5.18. The van der Waals surface area contributed by atoms with Crippen LogP contribution < -0.4 is 15.5 Å². The van der Waals surface area contributed by atoms with E-state index in [1.54, 1.807) is 35.6 Å². The van der Waals surface area contributed by atoms with Crippen molar-refractivity contribution in [3.63, 3.8) is 0 Å². The third-order valence-electron chi connectivity index (χ3n) is 5.69. The Labute approximate surface area is 193 Å². The first-order valence-electron chi connectivity index (χ1n) is 10.3. The Hall–Kier alpha value is -3.73. The van der Waals surface area contributed by atoms with E-state index in [4.69, 9.17) is 4.74 Å². The number of benzene rings is 1. The summed E-state index contributed by atoms with van der Waals surface area (Å²) in [5, 5.41) is 6.59. The van der Waals surface area contributed by atoms with Crippen LogP contribution in [0.25, 0.3) is 0 Å². The number of imide groups is 1. The van der Waals surface area contributed by atoms with Crippen LogP contribution in [0.1, 0.15) is 28.1 Å². The van der Waals surface area contributed by atoms with Crippen molar-refractivity contribution in [3.05, 3.63) is 52.2 Å². The first kappa shape index (κ1) is 22.5. The lowest BCUT2D eigenvalue weighted by Crippen LogP contribution is -2.67. The summed E-state index contributed by atoms with van der Waals surface area (Å²) in [6.45, 7) is -0.392. The molecule has 1 atom stereocenters. The van der Waals surface area contributed by atoms with Crippen LogP contribution in [0.15, 0.2) is 41.8 Å². The molecule has 1 aromatic carbocycles. The van der Waals surface area contributed by atoms with Gasteiger partial charge in [-0.15, -0.1) is 11.3 Å². The first-order chi connectivity index (χ1) is 15.8. The summed E-state index contributed by atoms with van der Waals surface area (Å²) in [6.07, 6.45) is 0.703. The summed E-state index contributed by atoms with van der Waals surface area (Å²) in [6, 6.07) is 9.67. The van der Waals surface area contributed by atoms with E-state index in [9.17, 15) is 24.0 Å². The Morgan fingerprint density at radius 1 is 1.15 bits per heavy atom. The van der Waals surface area contributed by atoms with Crippen molar-refractivity contribution in [1.29, 1.82) is 0 Å². The molecule has 1 saturated heterocycles. The Morgan fingerprint density at radius 2 is 1.94 bits per heavy atom. The van der Waals surface area contributed by atoms with Crippen LogP contribution in [0.3, 0.4) is 0 Å². The Bertz CT molecular complexity index is 1120. The number of hydrogen-bond acceptors (Lipinski definition) is 7. The van der Waals surface area contributed by atoms with Crippen LogP contribution in [-0.4, -0.2) is 60.5 Å². The number of amides is 5. The zero-order valence-electron chi connectivity index (χ0n) is 17.8. The van der Waals surface area contributed by atoms with Crippen molar-refractivity contribution >= 4 is 46.7 Å². The molecule has 0 saturated carbocycles. The molecule has 2 aliphatic heterocycles. The standard InChI is InChI=1S/C22H22N4O6S/c1-25-19(29)15-6-2-3-7-16(15)26-18(28)8-10-22(25,26)20(30)32-13-17(27)24-21(31)23-11-9-14-5-4-12-33-14/h2-7,12H,8-11,13H2,1H3,(H2,23,24,27,31). The molecule has 1 fully saturated rings. The lowest BCUT2D eigenvalue weighted by Gasteiger charge is -2.46. The summed E-state index contributed by atoms with van der Waals surface area (Å²) in [5.41, 5.74) is -1.04. The van der Waals surface area contributed by atoms with Gasteiger partial charge >= 0.3 is 12.0 Å². The highest BCUT2D eigenvalue weighted by Crippen LogP contribution is 2.44. The van der Waals surface area contributed by atoms with E-state index in [0.717, 1.165) is 4.88 Å². The third kappa shape index (κ3) is 4.07. The van der Waals surface area contributed by atoms with Crippen LogP contribution in [0, 0.1) is 0 Å². The van der Waals surface area contributed by atoms with E-state index in [1.807, 2.05) is 17.5 Å². The highest BCUT2D eigenvalue weighted by Gasteiger charge is 2.60. The summed E-state index contributed by atoms with van der Waals surface area (Å²) in [4.78, 5) is 66.2. The van der Waals surface area contributed by atoms with Crippen molar-refractivity contribution in [3.8, 4) is 0 Å². The van der Waals surface area contributed by atoms with E-state index in [0.29, 0.717) is 24.2 Å². The molecule has 11 heteroatoms. The smallest absolute Gasteiger partial charge is 0.354 e. The highest BCUT2D eigenvalue weighted by molar-refractivity contribution is 7.09. The molecule has 33 heavy (non-hydrogen) atoms. The maximum Gasteiger partial charge on any atom is 0.354 e. The van der Waals surface area contributed by atoms with E-state index in [1.165, 1.54) is 16.8 Å². The van der Waals surface area contributed by atoms with E-state index >= 15 is 0 Å². The zero-order valence-corrected chi connectivity index (χ0v) is 18.6. The molecule has 1 aromatic heterocycles. The second-order valence-corrected chi connectivity index (χ2v) is 8.67. The number of carbonyl (C=O) groups is 5. The second kappa shape index (κ2) is 9.02. The van der Waals surface area contributed by atoms with Crippen LogP contribution in [0.5, 0.6) is 0 Å². The van der Waals surface area contributed by atoms with Crippen LogP contribution in [-0.2, 0) is 25.5 Å². The number of para-hydroxylation sites is 1. The van der Waals surface area contributed by atoms with Crippen LogP contribution in [0.4, 0.5) is 10.5 Å². The number of nitrogens with one attached hydrogen (secondary N) is 2. The van der Waals surface area contributed by atoms with Crippen molar-refractivity contribution < 1.29 is 28.7 Å². The van der Waals surface area contributed by atoms with Gasteiger partial charge in [-0.05, 0) is 30.0 Å². The Morgan fingerprint density at radius 3 is 2.70 bits per heavy atom. The van der Waals surface area contributed by atoms with Crippen LogP contribution in [0.2, 0.25) is 0 Å². The minimum atomic E-state index is -1.67. The van der Waals surface area contributed by atoms with Gasteiger partial charge in [-0.2, -0.15) is 0 Å². The normalized spacial score (nSPS) is 19.1. The molecule has 2 N–H and O–H groups in total. The number of fused-ring (bicyclic) bond motifs is 3. The van der Waals surface area contributed by atoms with E-state index in [2.05, 4.69) is 10.6 Å². The quantitative estimate of drug-likeness (QED) is 0.613. The number of carbonyl (C=O) groups excluding carboxylic acids is 5. The maximum absolute atomic E-state index is 13.1. The summed E-state index contributed by atoms with van der Waals surface area (Å²) in [7, 11) is 1.42. The van der Waals surface area contributed by atoms with Gasteiger partial charge in [0, 0.05) is 31.3 Å². The highest BCUT2D eigenvalue weighted by atomic mass is 32.1. The molecule has 4 rings (SSSR count). The third-order valence-corrected chi connectivity index (χ3v) is 6.63. The van der Waals surface area contributed by atoms with Gasteiger partial charge in [0.2, 0.25) is 11.6 Å². The van der Waals surface area contributed by atoms with Gasteiger partial charge in [0.15, 0.2) is 6.61 Å². The molecular formula is C22H22N4O6S. The van der Waals surface area contributed by atoms with Gasteiger partial charge in [0.25, 0.3) is 11.8 Å². The molecule has 0 aliphatic carbocycles. The summed E-state index contributed by atoms with van der Waals surface area (Å²) in [5.74, 6) is -2.49. The number of thiophene rings is 1. The molecule has 0 radical (unpaired) electrons. The topological polar surface area (TPSA) is 125 Å². The fraction of sp³-hybridized carbons (Fsp3) is 0.318. The maximum atomic E-state index is 13.1. The van der Waals surface area contributed by atoms with Crippen molar-refractivity contribution in [2.75, 3.05) is 25.1 Å². The largest absolute Gasteiger partial charge is 0.452 e. The fourth-order valence-corrected chi connectivity index (χ4v) is 4.81. The monoisotopic (exact) mass is 470 g/mol. The lowest BCUT2D eigenvalue weighted by molar-refractivity contribution is -0.159. The number of rotatable bonds is 6. The zero-order chi connectivity index (χ0) is 23.6. The molecule has 1 unspecified atom stereocenters. The van der Waals surface area contributed by atoms with Gasteiger partial charge in [-0.25, -0.2) is 9.59 Å². The molecule has 172 valence electrons. The Kier molecular flexibility index (Phi) is 6.14. The number of ether oxygens (including phenoxy) is 1. The minimum absolute atomic E-state index is 0.0338. The van der Waals surface area contributed by atoms with Gasteiger partial charge in [-0.1, -0.05) is 18.2 Å². The molecular weight excluding hydrogens is 448 g/mol. The average molecular weight is 471 g/mol. The second-order valence-electron chi connectivity index (χ2n) is 7.64. The molecule has 5 amide bonds. The van der Waals surface area contributed by atoms with Crippen molar-refractivity contribution in [2.24, 2.45) is 0 Å². The summed E-state index contributed by atoms with van der Waals surface area (Å²) >= 11 is 1.56. The Balaban J connectivity index is 1.38. The van der Waals surface area contributed by atoms with E-state index < -0.39 is 36.1 Å². The minimum Gasteiger partial charge on any atom is -0.452 e. The fourth-order valence-electron chi connectivity index (χ4n) is 4.10. The first-order valence-corrected chi connectivity index (χ1v) is 11.2. The SMILES string of the molecule is CN1C(=O)c2ccccc2N2C(=O)CCC12C(=O)OCC(=O)NC(=O)NCCc1cccs1. The van der Waals surface area contributed by atoms with Gasteiger partial charge in [0.1, 0.15) is 0 Å². The van der Waals surface area contributed by atoms with Gasteiger partial charge in [-0.3, -0.25) is 24.6 Å². The molecule has 2 aromatic rings. The number of hydrogen-bond donors (Lipinski definition) is 2. The number of nitrogens with zero attached hydrogens (tertiary/aromatic N) is 2. The van der Waals surface area contributed by atoms with E-state index in [-0.39, 0.29) is 18.7 Å².